The second kappa shape index (κ2) is 7.98. The van der Waals surface area contributed by atoms with E-state index >= 15 is 0 Å². The minimum Gasteiger partial charge on any atom is -0.373 e. The van der Waals surface area contributed by atoms with Crippen LogP contribution in [0.2, 0.25) is 0 Å². The van der Waals surface area contributed by atoms with E-state index in [1.807, 2.05) is 26.0 Å². The lowest BCUT2D eigenvalue weighted by atomic mass is 10.2. The van der Waals surface area contributed by atoms with Crippen molar-refractivity contribution in [1.29, 1.82) is 0 Å². The van der Waals surface area contributed by atoms with E-state index < -0.39 is 0 Å². The standard InChI is InChI=1S/C9H10N2O.C2H6/c1-10-9-8(5-3-7-12)4-2-6-11-9;1-2/h2-7H,1H3,(H,10,11);1-2H3/b5-3+;. The molecule has 0 atom stereocenters. The van der Waals surface area contributed by atoms with E-state index in [4.69, 9.17) is 0 Å². The van der Waals surface area contributed by atoms with Crippen LogP contribution in [0.15, 0.2) is 24.4 Å². The summed E-state index contributed by atoms with van der Waals surface area (Å²) in [6, 6.07) is 3.71. The van der Waals surface area contributed by atoms with Crippen molar-refractivity contribution in [3.05, 3.63) is 30.0 Å². The van der Waals surface area contributed by atoms with Gasteiger partial charge in [0.25, 0.3) is 0 Å². The van der Waals surface area contributed by atoms with Gasteiger partial charge in [0.2, 0.25) is 0 Å². The lowest BCUT2D eigenvalue weighted by Gasteiger charge is -2.01. The average Bonchev–Trinajstić information content (AvgIpc) is 2.29. The SMILES string of the molecule is CC.CNc1ncccc1/C=C/C=O. The van der Waals surface area contributed by atoms with Crippen molar-refractivity contribution in [2.24, 2.45) is 0 Å². The molecule has 0 bridgehead atoms. The molecule has 1 rings (SSSR count). The minimum atomic E-state index is 0.742. The Bertz CT molecular complexity index is 295. The topological polar surface area (TPSA) is 42.0 Å². The second-order valence-corrected chi connectivity index (χ2v) is 2.19. The van der Waals surface area contributed by atoms with Crippen LogP contribution in [0.25, 0.3) is 6.08 Å². The molecule has 1 heterocycles. The van der Waals surface area contributed by atoms with Gasteiger partial charge in [-0.05, 0) is 24.3 Å². The van der Waals surface area contributed by atoms with Crippen LogP contribution in [0.1, 0.15) is 19.4 Å². The molecule has 1 N–H and O–H groups in total. The van der Waals surface area contributed by atoms with Gasteiger partial charge in [0.1, 0.15) is 12.1 Å². The van der Waals surface area contributed by atoms with Crippen molar-refractivity contribution in [3.63, 3.8) is 0 Å². The van der Waals surface area contributed by atoms with Crippen molar-refractivity contribution in [2.75, 3.05) is 12.4 Å². The fourth-order valence-corrected chi connectivity index (χ4v) is 0.904. The van der Waals surface area contributed by atoms with Gasteiger partial charge in [0, 0.05) is 18.8 Å². The molecular formula is C11H16N2O. The molecule has 0 aliphatic heterocycles. The number of hydrogen-bond acceptors (Lipinski definition) is 3. The number of aromatic nitrogens is 1. The molecule has 3 heteroatoms. The maximum atomic E-state index is 10.1. The number of anilines is 1. The summed E-state index contributed by atoms with van der Waals surface area (Å²) >= 11 is 0. The molecule has 0 aliphatic carbocycles. The molecule has 0 saturated heterocycles. The van der Waals surface area contributed by atoms with Gasteiger partial charge in [0.15, 0.2) is 0 Å². The first kappa shape index (κ1) is 12.4. The summed E-state index contributed by atoms with van der Waals surface area (Å²) in [4.78, 5) is 14.1. The fourth-order valence-electron chi connectivity index (χ4n) is 0.904. The molecule has 0 saturated carbocycles. The van der Waals surface area contributed by atoms with Crippen molar-refractivity contribution in [2.45, 2.75) is 13.8 Å². The molecule has 0 radical (unpaired) electrons. The first-order valence-corrected chi connectivity index (χ1v) is 4.63. The van der Waals surface area contributed by atoms with Crippen molar-refractivity contribution >= 4 is 18.2 Å². The zero-order valence-corrected chi connectivity index (χ0v) is 8.82. The van der Waals surface area contributed by atoms with E-state index in [9.17, 15) is 4.79 Å². The van der Waals surface area contributed by atoms with Gasteiger partial charge in [-0.1, -0.05) is 13.8 Å². The van der Waals surface area contributed by atoms with Gasteiger partial charge in [-0.3, -0.25) is 4.79 Å². The first-order chi connectivity index (χ1) is 6.88. The Morgan fingerprint density at radius 2 is 2.14 bits per heavy atom. The highest BCUT2D eigenvalue weighted by molar-refractivity contribution is 5.76. The molecule has 0 amide bonds. The van der Waals surface area contributed by atoms with E-state index in [-0.39, 0.29) is 0 Å². The number of pyridine rings is 1. The highest BCUT2D eigenvalue weighted by Crippen LogP contribution is 2.11. The number of hydrogen-bond donors (Lipinski definition) is 1. The van der Waals surface area contributed by atoms with E-state index in [1.165, 1.54) is 6.08 Å². The molecule has 0 aromatic carbocycles. The number of nitrogens with zero attached hydrogens (tertiary/aromatic N) is 1. The van der Waals surface area contributed by atoms with E-state index in [2.05, 4.69) is 10.3 Å². The lowest BCUT2D eigenvalue weighted by Crippen LogP contribution is -1.93. The molecule has 0 spiro atoms. The smallest absolute Gasteiger partial charge is 0.142 e. The number of nitrogens with one attached hydrogen (secondary N) is 1. The Balaban J connectivity index is 0.000000791. The van der Waals surface area contributed by atoms with Gasteiger partial charge in [-0.25, -0.2) is 4.98 Å². The summed E-state index contributed by atoms with van der Waals surface area (Å²) in [6.45, 7) is 4.00. The zero-order chi connectivity index (χ0) is 10.8. The molecule has 1 aromatic heterocycles. The normalized spacial score (nSPS) is 9.07. The summed E-state index contributed by atoms with van der Waals surface area (Å²) in [5.41, 5.74) is 0.909. The van der Waals surface area contributed by atoms with Gasteiger partial charge < -0.3 is 5.32 Å². The monoisotopic (exact) mass is 192 g/mol. The Morgan fingerprint density at radius 3 is 2.71 bits per heavy atom. The molecule has 0 fully saturated rings. The van der Waals surface area contributed by atoms with Crippen LogP contribution in [0.4, 0.5) is 5.82 Å². The molecule has 76 valence electrons. The largest absolute Gasteiger partial charge is 0.373 e. The van der Waals surface area contributed by atoms with Crippen LogP contribution in [0.5, 0.6) is 0 Å². The molecule has 1 aromatic rings. The fraction of sp³-hybridized carbons (Fsp3) is 0.273. The molecule has 3 nitrogen and oxygen atoms in total. The molecule has 0 unspecified atom stereocenters. The van der Waals surface area contributed by atoms with Crippen LogP contribution in [-0.4, -0.2) is 18.3 Å². The maximum absolute atomic E-state index is 10.1. The Morgan fingerprint density at radius 1 is 1.43 bits per heavy atom. The highest BCUT2D eigenvalue weighted by atomic mass is 16.1. The number of aldehydes is 1. The van der Waals surface area contributed by atoms with Crippen LogP contribution in [0.3, 0.4) is 0 Å². The molecular weight excluding hydrogens is 176 g/mol. The van der Waals surface area contributed by atoms with E-state index in [0.717, 1.165) is 17.7 Å². The van der Waals surface area contributed by atoms with Crippen LogP contribution in [0, 0.1) is 0 Å². The predicted molar refractivity (Wildman–Crippen MR) is 60.2 cm³/mol. The first-order valence-electron chi connectivity index (χ1n) is 4.63. The third-order valence-corrected chi connectivity index (χ3v) is 1.43. The second-order valence-electron chi connectivity index (χ2n) is 2.19. The number of rotatable bonds is 3. The molecule has 0 aliphatic rings. The Labute approximate surface area is 84.9 Å². The highest BCUT2D eigenvalue weighted by Gasteiger charge is 1.94. The summed E-state index contributed by atoms with van der Waals surface area (Å²) in [7, 11) is 1.79. The third kappa shape index (κ3) is 3.85. The van der Waals surface area contributed by atoms with Crippen LogP contribution < -0.4 is 5.32 Å². The summed E-state index contributed by atoms with van der Waals surface area (Å²) < 4.78 is 0. The average molecular weight is 192 g/mol. The van der Waals surface area contributed by atoms with Crippen molar-refractivity contribution < 1.29 is 4.79 Å². The predicted octanol–water partition coefficient (Wildman–Crippen LogP) is 2.36. The number of carbonyl (C=O) groups is 1. The zero-order valence-electron chi connectivity index (χ0n) is 8.82. The quantitative estimate of drug-likeness (QED) is 0.590. The van der Waals surface area contributed by atoms with Crippen LogP contribution >= 0.6 is 0 Å². The van der Waals surface area contributed by atoms with E-state index in [1.54, 1.807) is 19.3 Å². The van der Waals surface area contributed by atoms with Crippen molar-refractivity contribution in [3.8, 4) is 0 Å². The maximum Gasteiger partial charge on any atom is 0.142 e. The van der Waals surface area contributed by atoms with Gasteiger partial charge in [-0.2, -0.15) is 0 Å². The van der Waals surface area contributed by atoms with Crippen LogP contribution in [-0.2, 0) is 4.79 Å². The molecule has 14 heavy (non-hydrogen) atoms. The minimum absolute atomic E-state index is 0.742. The Hall–Kier alpha value is -1.64. The van der Waals surface area contributed by atoms with E-state index in [0.29, 0.717) is 0 Å². The summed E-state index contributed by atoms with van der Waals surface area (Å²) in [5, 5.41) is 2.93. The summed E-state index contributed by atoms with van der Waals surface area (Å²) in [6.07, 6.45) is 5.60. The third-order valence-electron chi connectivity index (χ3n) is 1.43. The summed E-state index contributed by atoms with van der Waals surface area (Å²) in [5.74, 6) is 0.774. The number of carbonyl (C=O) groups excluding carboxylic acids is 1. The Kier molecular flexibility index (Phi) is 7.05. The van der Waals surface area contributed by atoms with Gasteiger partial charge in [0.05, 0.1) is 0 Å². The van der Waals surface area contributed by atoms with Crippen molar-refractivity contribution in [1.82, 2.24) is 4.98 Å². The number of allylic oxidation sites excluding steroid dienone is 1. The van der Waals surface area contributed by atoms with Gasteiger partial charge in [-0.15, -0.1) is 0 Å². The van der Waals surface area contributed by atoms with Gasteiger partial charge >= 0.3 is 0 Å². The lowest BCUT2D eigenvalue weighted by molar-refractivity contribution is -0.104.